The molecule has 6 fully saturated rings. The summed E-state index contributed by atoms with van der Waals surface area (Å²) in [5.41, 5.74) is 1.02. The largest absolute Gasteiger partial charge is 0.433 e. The minimum absolute atomic E-state index is 0.00740. The molecule has 6 aromatic rings. The zero-order valence-corrected chi connectivity index (χ0v) is 44.3. The number of rotatable bonds is 12. The van der Waals surface area contributed by atoms with E-state index >= 15 is 22.4 Å². The van der Waals surface area contributed by atoms with Gasteiger partial charge in [-0.05, 0) is 74.0 Å². The predicted molar refractivity (Wildman–Crippen MR) is 275 cm³/mol. The summed E-state index contributed by atoms with van der Waals surface area (Å²) in [6.45, 7) is 11.0. The van der Waals surface area contributed by atoms with Gasteiger partial charge in [0.1, 0.15) is 15.9 Å². The fourth-order valence-corrected chi connectivity index (χ4v) is 15.1. The highest BCUT2D eigenvalue weighted by Crippen LogP contribution is 2.64. The van der Waals surface area contributed by atoms with Gasteiger partial charge in [0.2, 0.25) is 29.1 Å². The van der Waals surface area contributed by atoms with E-state index in [0.29, 0.717) is 33.1 Å². The standard InChI is InChI=1S/C54H52ClF4N9O5S2/c1-24-15-26(55)17-32(42(24)63-27-7-11-61-19-27)30-10-14-65(33-18-29(74-45(30)33)22-67-48(70)37-38(49(67)71)52(37,2)3)20-25-16-35(54(57,58)59)64-43(36(25)47(69)66-13-9-28(21-66)60-6)31-8-12-62-44-41(56)34(75-46(31)44)23-68-50(72)39-40(51(68)73)53(39,4)5/h8,10,12,14-18,27-28,37-40,60-61H,7,9,11,13,19-23H2,1-6H3/p+1/t27?,28-,37?,38?,39?,40?/m0/s1. The molecule has 14 nitrogen and oxygen atoms in total. The van der Waals surface area contributed by atoms with Crippen LogP contribution in [0.15, 0.2) is 48.8 Å². The van der Waals surface area contributed by atoms with Crippen LogP contribution in [0.4, 0.5) is 23.2 Å². The zero-order valence-electron chi connectivity index (χ0n) is 41.9. The normalized spacial score (nSPS) is 24.6. The molecule has 5 unspecified atom stereocenters. The highest BCUT2D eigenvalue weighted by molar-refractivity contribution is 7.20. The number of benzene rings is 1. The second-order valence-electron chi connectivity index (χ2n) is 22.1. The number of pyridine rings is 3. The van der Waals surface area contributed by atoms with Crippen LogP contribution in [-0.2, 0) is 45.0 Å². The number of alkyl halides is 3. The van der Waals surface area contributed by atoms with Gasteiger partial charge in [0.05, 0.1) is 57.6 Å². The van der Waals surface area contributed by atoms with Crippen LogP contribution in [0.1, 0.15) is 77.5 Å². The smallest absolute Gasteiger partial charge is 0.380 e. The fraction of sp³-hybridized carbons (Fsp3) is 0.444. The molecule has 3 N–H and O–H groups in total. The minimum Gasteiger partial charge on any atom is -0.380 e. The second kappa shape index (κ2) is 17.6. The third kappa shape index (κ3) is 7.97. The Morgan fingerprint density at radius 2 is 1.56 bits per heavy atom. The average molecular weight is 1080 g/mol. The molecule has 390 valence electrons. The van der Waals surface area contributed by atoms with E-state index in [1.807, 2.05) is 58.9 Å². The second-order valence-corrected chi connectivity index (χ2v) is 24.8. The van der Waals surface area contributed by atoms with Crippen molar-refractivity contribution < 1.29 is 46.1 Å². The monoisotopic (exact) mass is 1080 g/mol. The molecule has 6 atom stereocenters. The lowest BCUT2D eigenvalue weighted by molar-refractivity contribution is -0.662. The number of aryl methyl sites for hydroxylation is 1. The van der Waals surface area contributed by atoms with Crippen molar-refractivity contribution in [3.63, 3.8) is 0 Å². The molecular weight excluding hydrogens is 1030 g/mol. The first-order chi connectivity index (χ1) is 35.6. The van der Waals surface area contributed by atoms with Gasteiger partial charge in [-0.1, -0.05) is 39.3 Å². The van der Waals surface area contributed by atoms with Crippen molar-refractivity contribution in [3.8, 4) is 22.4 Å². The molecular formula is C54H53ClF4N9O5S2+. The SMILES string of the molecule is CN[C@H]1CCN(C(=O)c2c(C[n+]3ccc(-c4cc(Cl)cc(C)c4NC4CCNC4)c4sc(CN5C(=O)C6C(C5=O)C6(C)C)cc43)cc(C(F)(F)F)nc2-c2ccnc3c(F)c(CN4C(=O)C5C(C4=O)C5(C)C)sc23)C1. The number of piperidine rings is 2. The van der Waals surface area contributed by atoms with Crippen molar-refractivity contribution in [1.29, 1.82) is 0 Å². The number of likely N-dealkylation sites (N-methyl/N-ethyl adjacent to an activating group) is 1. The minimum atomic E-state index is -5.01. The number of anilines is 1. The van der Waals surface area contributed by atoms with Gasteiger partial charge in [-0.3, -0.25) is 38.8 Å². The molecule has 2 saturated carbocycles. The summed E-state index contributed by atoms with van der Waals surface area (Å²) in [7, 11) is 1.77. The van der Waals surface area contributed by atoms with Gasteiger partial charge in [-0.25, -0.2) is 9.37 Å². The Balaban J connectivity index is 1.02. The molecule has 12 rings (SSSR count). The summed E-state index contributed by atoms with van der Waals surface area (Å²) in [4.78, 5) is 82.5. The number of nitrogens with one attached hydrogen (secondary N) is 3. The van der Waals surface area contributed by atoms with E-state index in [2.05, 4.69) is 25.9 Å². The number of aromatic nitrogens is 3. The maximum atomic E-state index is 16.6. The van der Waals surface area contributed by atoms with Crippen molar-refractivity contribution in [1.82, 2.24) is 35.3 Å². The van der Waals surface area contributed by atoms with Crippen LogP contribution in [-0.4, -0.2) is 99.5 Å². The predicted octanol–water partition coefficient (Wildman–Crippen LogP) is 8.19. The molecule has 9 heterocycles. The lowest BCUT2D eigenvalue weighted by atomic mass is 9.97. The summed E-state index contributed by atoms with van der Waals surface area (Å²) in [6, 6.07) is 9.81. The van der Waals surface area contributed by atoms with Gasteiger partial charge in [0, 0.05) is 87.9 Å². The fourth-order valence-electron chi connectivity index (χ4n) is 12.5. The molecule has 75 heavy (non-hydrogen) atoms. The van der Waals surface area contributed by atoms with Crippen LogP contribution in [0, 0.1) is 47.2 Å². The first-order valence-corrected chi connectivity index (χ1v) is 27.2. The van der Waals surface area contributed by atoms with Crippen LogP contribution >= 0.6 is 34.3 Å². The molecule has 1 aromatic carbocycles. The zero-order chi connectivity index (χ0) is 52.9. The lowest BCUT2D eigenvalue weighted by Gasteiger charge is -2.22. The maximum Gasteiger partial charge on any atom is 0.433 e. The first-order valence-electron chi connectivity index (χ1n) is 25.1. The number of likely N-dealkylation sites (tertiary alicyclic amines) is 3. The van der Waals surface area contributed by atoms with Crippen LogP contribution in [0.2, 0.25) is 5.02 Å². The van der Waals surface area contributed by atoms with E-state index in [4.69, 9.17) is 11.6 Å². The average Bonchev–Trinajstić information content (AvgIpc) is 4.16. The van der Waals surface area contributed by atoms with Gasteiger partial charge in [0.25, 0.3) is 5.91 Å². The number of carbonyl (C=O) groups excluding carboxylic acids is 5. The Kier molecular flexibility index (Phi) is 11.7. The maximum absolute atomic E-state index is 16.6. The number of thiophene rings is 2. The van der Waals surface area contributed by atoms with Crippen LogP contribution in [0.5, 0.6) is 0 Å². The van der Waals surface area contributed by atoms with E-state index < -0.39 is 69.9 Å². The number of fused-ring (bicyclic) bond motifs is 4. The molecule has 21 heteroatoms. The molecule has 2 aliphatic carbocycles. The Hall–Kier alpha value is -5.93. The number of imide groups is 2. The van der Waals surface area contributed by atoms with E-state index in [1.165, 1.54) is 28.5 Å². The van der Waals surface area contributed by atoms with Crippen LogP contribution < -0.4 is 20.5 Å². The van der Waals surface area contributed by atoms with Gasteiger partial charge >= 0.3 is 6.18 Å². The quantitative estimate of drug-likeness (QED) is 0.0620. The highest BCUT2D eigenvalue weighted by atomic mass is 35.5. The number of amides is 5. The third-order valence-electron chi connectivity index (χ3n) is 16.8. The van der Waals surface area contributed by atoms with E-state index in [0.717, 1.165) is 64.2 Å². The Bertz CT molecular complexity index is 3450. The number of hydrogen-bond acceptors (Lipinski definition) is 12. The van der Waals surface area contributed by atoms with Gasteiger partial charge in [-0.2, -0.15) is 17.7 Å². The Morgan fingerprint density at radius 3 is 2.19 bits per heavy atom. The molecule has 4 aliphatic heterocycles. The summed E-state index contributed by atoms with van der Waals surface area (Å²) in [5.74, 6) is -4.50. The molecule has 0 radical (unpaired) electrons. The highest BCUT2D eigenvalue weighted by Gasteiger charge is 2.73. The number of carbonyl (C=O) groups is 5. The molecule has 0 spiro atoms. The molecule has 0 bridgehead atoms. The lowest BCUT2D eigenvalue weighted by Crippen LogP contribution is -2.38. The van der Waals surface area contributed by atoms with Gasteiger partial charge in [-0.15, -0.1) is 22.7 Å². The third-order valence-corrected chi connectivity index (χ3v) is 19.3. The topological polar surface area (TPSA) is 161 Å². The summed E-state index contributed by atoms with van der Waals surface area (Å²) < 4.78 is 65.3. The molecule has 5 amide bonds. The number of hydrogen-bond donors (Lipinski definition) is 3. The van der Waals surface area contributed by atoms with Crippen molar-refractivity contribution in [2.45, 2.75) is 85.4 Å². The number of halogens is 5. The van der Waals surface area contributed by atoms with E-state index in [9.17, 15) is 19.2 Å². The summed E-state index contributed by atoms with van der Waals surface area (Å²) in [5, 5.41) is 10.8. The van der Waals surface area contributed by atoms with E-state index in [1.54, 1.807) is 22.7 Å². The molecule has 5 aromatic heterocycles. The molecule has 4 saturated heterocycles. The molecule has 6 aliphatic rings. The summed E-state index contributed by atoms with van der Waals surface area (Å²) in [6.07, 6.45) is -0.537. The van der Waals surface area contributed by atoms with Crippen molar-refractivity contribution in [2.75, 3.05) is 38.5 Å². The van der Waals surface area contributed by atoms with Crippen LogP contribution in [0.25, 0.3) is 42.8 Å². The van der Waals surface area contributed by atoms with Crippen molar-refractivity contribution in [2.24, 2.45) is 34.5 Å². The van der Waals surface area contributed by atoms with Crippen molar-refractivity contribution >= 4 is 89.9 Å². The Morgan fingerprint density at radius 1 is 0.880 bits per heavy atom. The first kappa shape index (κ1) is 49.9. The van der Waals surface area contributed by atoms with E-state index in [-0.39, 0.29) is 87.6 Å². The van der Waals surface area contributed by atoms with Gasteiger partial charge in [0.15, 0.2) is 18.6 Å². The number of nitrogens with zero attached hydrogens (tertiary/aromatic N) is 6. The van der Waals surface area contributed by atoms with Gasteiger partial charge < -0.3 is 20.9 Å². The summed E-state index contributed by atoms with van der Waals surface area (Å²) >= 11 is 9.02. The van der Waals surface area contributed by atoms with Crippen LogP contribution in [0.3, 0.4) is 0 Å². The Labute approximate surface area is 441 Å². The van der Waals surface area contributed by atoms with Crippen molar-refractivity contribution in [3.05, 3.63) is 91.8 Å².